The second-order valence-electron chi connectivity index (χ2n) is 17.0. The summed E-state index contributed by atoms with van der Waals surface area (Å²) < 4.78 is 13.2. The molecule has 19 nitrogen and oxygen atoms in total. The molecule has 0 unspecified atom stereocenters. The first-order chi connectivity index (χ1) is 31.3. The minimum Gasteiger partial charge on any atom is -0.399 e. The van der Waals surface area contributed by atoms with Crippen molar-refractivity contribution in [1.29, 1.82) is 0 Å². The van der Waals surface area contributed by atoms with Crippen LogP contribution in [0.2, 0.25) is 0 Å². The van der Waals surface area contributed by atoms with E-state index in [4.69, 9.17) is 20.4 Å². The lowest BCUT2D eigenvalue weighted by Crippen LogP contribution is -2.38. The maximum Gasteiger partial charge on any atom is 0.215 e. The lowest BCUT2D eigenvalue weighted by molar-refractivity contribution is 0.0360. The Kier molecular flexibility index (Phi) is 10.3. The molecule has 3 fully saturated rings. The minimum absolute atomic E-state index is 0.610. The van der Waals surface area contributed by atoms with Crippen LogP contribution in [0.5, 0.6) is 0 Å². The number of rotatable bonds is 13. The molecule has 6 N–H and O–H groups in total. The molecule has 1 aliphatic heterocycles. The van der Waals surface area contributed by atoms with Crippen molar-refractivity contribution in [2.45, 2.75) is 64.5 Å². The highest BCUT2D eigenvalue weighted by Crippen LogP contribution is 2.40. The SMILES string of the molecule is Cc1cn2c(Nc3cc(C4CC4)[nH]n3)nc(-c3cnn(CCN4CCOCC4)c3)cc2n1.Cc1cn2c(Nc3cc(C4CC4)[nH]n3)nc(-c3cnn(Cc4cccc(N)c4)c3)cc2n1. The highest BCUT2D eigenvalue weighted by molar-refractivity contribution is 5.68. The second-order valence-corrected chi connectivity index (χ2v) is 17.0. The van der Waals surface area contributed by atoms with Crippen LogP contribution in [0, 0.1) is 13.8 Å². The molecule has 2 saturated carbocycles. The highest BCUT2D eigenvalue weighted by Gasteiger charge is 2.27. The summed E-state index contributed by atoms with van der Waals surface area (Å²) in [4.78, 5) is 21.5. The third-order valence-corrected chi connectivity index (χ3v) is 11.8. The fourth-order valence-corrected chi connectivity index (χ4v) is 8.08. The van der Waals surface area contributed by atoms with Gasteiger partial charge in [0, 0.05) is 109 Å². The smallest absolute Gasteiger partial charge is 0.215 e. The molecule has 3 aliphatic rings. The van der Waals surface area contributed by atoms with Crippen molar-refractivity contribution in [1.82, 2.24) is 73.6 Å². The molecular formula is C45H50N18O. The maximum atomic E-state index is 5.90. The van der Waals surface area contributed by atoms with Crippen molar-refractivity contribution >= 4 is 40.5 Å². The number of fused-ring (bicyclic) bond motifs is 2. The molecule has 1 saturated heterocycles. The topological polar surface area (TPSA) is 216 Å². The van der Waals surface area contributed by atoms with Gasteiger partial charge in [-0.25, -0.2) is 19.9 Å². The van der Waals surface area contributed by atoms with Crippen LogP contribution in [0.25, 0.3) is 33.8 Å². The summed E-state index contributed by atoms with van der Waals surface area (Å²) in [5.74, 6) is 4.10. The van der Waals surface area contributed by atoms with E-state index in [2.05, 4.69) is 74.4 Å². The number of nitrogens with two attached hydrogens (primary N) is 1. The largest absolute Gasteiger partial charge is 0.399 e. The fourth-order valence-electron chi connectivity index (χ4n) is 8.08. The summed E-state index contributed by atoms with van der Waals surface area (Å²) in [6.07, 6.45) is 16.6. The van der Waals surface area contributed by atoms with Gasteiger partial charge < -0.3 is 21.1 Å². The molecule has 64 heavy (non-hydrogen) atoms. The normalized spacial score (nSPS) is 15.5. The van der Waals surface area contributed by atoms with Crippen molar-refractivity contribution in [3.8, 4) is 22.5 Å². The van der Waals surface area contributed by atoms with Crippen molar-refractivity contribution in [2.75, 3.05) is 49.2 Å². The van der Waals surface area contributed by atoms with Crippen LogP contribution >= 0.6 is 0 Å². The molecule has 326 valence electrons. The standard InChI is InChI=1S/C23H23N9.C22H27N9O/c1-14-11-32-22(26-14)9-19(27-23(32)28-21-8-20(29-30-21)16-5-6-16)17-10-25-31(13-17)12-15-3-2-4-18(24)7-15;1-15-13-31-21(24-15)11-18(25-22(31)26-20-10-19(27-28-20)16-2-3-16)17-12-23-30(14-17)5-4-29-6-8-32-9-7-29/h2-4,7-11,13,16H,5-6,12,24H2,1H3,(H2,27,28,29,30);10-14,16H,2-9H2,1H3,(H2,25,26,27,28). The van der Waals surface area contributed by atoms with Crippen LogP contribution in [-0.2, 0) is 17.8 Å². The molecule has 12 rings (SSSR count). The van der Waals surface area contributed by atoms with Gasteiger partial charge in [-0.05, 0) is 57.2 Å². The third kappa shape index (κ3) is 8.80. The summed E-state index contributed by atoms with van der Waals surface area (Å²) in [7, 11) is 0. The van der Waals surface area contributed by atoms with Gasteiger partial charge in [-0.15, -0.1) is 0 Å². The van der Waals surface area contributed by atoms with Crippen molar-refractivity contribution in [3.63, 3.8) is 0 Å². The number of nitrogen functional groups attached to an aromatic ring is 1. The maximum absolute atomic E-state index is 5.90. The Morgan fingerprint density at radius 2 is 1.23 bits per heavy atom. The van der Waals surface area contributed by atoms with Crippen LogP contribution < -0.4 is 16.4 Å². The average Bonchev–Trinajstić information content (AvgIpc) is 3.82. The van der Waals surface area contributed by atoms with Crippen LogP contribution in [0.15, 0.2) is 85.7 Å². The van der Waals surface area contributed by atoms with E-state index in [0.29, 0.717) is 30.3 Å². The van der Waals surface area contributed by atoms with E-state index in [1.165, 1.54) is 37.1 Å². The van der Waals surface area contributed by atoms with E-state index in [1.807, 2.05) is 99.4 Å². The molecule has 9 aromatic rings. The number of nitrogens with zero attached hydrogens (tertiary/aromatic N) is 13. The molecule has 1 aromatic carbocycles. The van der Waals surface area contributed by atoms with Gasteiger partial charge in [0.25, 0.3) is 0 Å². The van der Waals surface area contributed by atoms with Crippen molar-refractivity contribution < 1.29 is 4.74 Å². The zero-order chi connectivity index (χ0) is 43.1. The van der Waals surface area contributed by atoms with Crippen molar-refractivity contribution in [3.05, 3.63) is 114 Å². The van der Waals surface area contributed by atoms with Crippen LogP contribution in [-0.4, -0.2) is 106 Å². The van der Waals surface area contributed by atoms with Gasteiger partial charge in [0.1, 0.15) is 11.3 Å². The Bertz CT molecular complexity index is 3060. The Labute approximate surface area is 368 Å². The molecule has 8 aromatic heterocycles. The second kappa shape index (κ2) is 16.7. The monoisotopic (exact) mass is 858 g/mol. The quantitative estimate of drug-likeness (QED) is 0.0789. The number of morpholine rings is 1. The number of aromatic amines is 2. The van der Waals surface area contributed by atoms with E-state index >= 15 is 0 Å². The van der Waals surface area contributed by atoms with Gasteiger partial charge in [0.15, 0.2) is 11.6 Å². The van der Waals surface area contributed by atoms with E-state index in [1.54, 1.807) is 0 Å². The number of nitrogens with one attached hydrogen (secondary N) is 4. The summed E-state index contributed by atoms with van der Waals surface area (Å²) in [5.41, 5.74) is 17.1. The van der Waals surface area contributed by atoms with Gasteiger partial charge in [0.05, 0.1) is 61.5 Å². The molecular weight excluding hydrogens is 809 g/mol. The predicted molar refractivity (Wildman–Crippen MR) is 243 cm³/mol. The Morgan fingerprint density at radius 1 is 0.672 bits per heavy atom. The zero-order valence-electron chi connectivity index (χ0n) is 35.8. The first-order valence-electron chi connectivity index (χ1n) is 21.9. The third-order valence-electron chi connectivity index (χ3n) is 11.8. The van der Waals surface area contributed by atoms with Crippen LogP contribution in [0.1, 0.15) is 65.9 Å². The molecule has 0 radical (unpaired) electrons. The van der Waals surface area contributed by atoms with E-state index in [0.717, 1.165) is 107 Å². The summed E-state index contributed by atoms with van der Waals surface area (Å²) in [6.45, 7) is 9.99. The Morgan fingerprint density at radius 3 is 1.80 bits per heavy atom. The molecule has 9 heterocycles. The van der Waals surface area contributed by atoms with Gasteiger partial charge in [-0.3, -0.25) is 33.3 Å². The summed E-state index contributed by atoms with van der Waals surface area (Å²) >= 11 is 0. The molecule has 0 amide bonds. The zero-order valence-corrected chi connectivity index (χ0v) is 35.8. The van der Waals surface area contributed by atoms with Crippen LogP contribution in [0.4, 0.5) is 29.2 Å². The summed E-state index contributed by atoms with van der Waals surface area (Å²) in [6, 6.07) is 15.9. The highest BCUT2D eigenvalue weighted by atomic mass is 16.5. The number of anilines is 5. The number of aryl methyl sites for hydroxylation is 2. The number of benzene rings is 1. The molecule has 2 aliphatic carbocycles. The number of imidazole rings is 2. The van der Waals surface area contributed by atoms with Gasteiger partial charge in [-0.1, -0.05) is 12.1 Å². The average molecular weight is 859 g/mol. The Hall–Kier alpha value is -7.38. The first-order valence-corrected chi connectivity index (χ1v) is 21.9. The summed E-state index contributed by atoms with van der Waals surface area (Å²) in [5, 5.41) is 30.9. The van der Waals surface area contributed by atoms with E-state index in [9.17, 15) is 0 Å². The molecule has 0 spiro atoms. The van der Waals surface area contributed by atoms with Gasteiger partial charge >= 0.3 is 0 Å². The lowest BCUT2D eigenvalue weighted by Gasteiger charge is -2.26. The number of hydrogen-bond donors (Lipinski definition) is 5. The number of aromatic nitrogens is 14. The van der Waals surface area contributed by atoms with Crippen LogP contribution in [0.3, 0.4) is 0 Å². The first kappa shape index (κ1) is 39.5. The van der Waals surface area contributed by atoms with E-state index in [-0.39, 0.29) is 0 Å². The Balaban J connectivity index is 0.000000143. The van der Waals surface area contributed by atoms with Gasteiger partial charge in [-0.2, -0.15) is 20.4 Å². The predicted octanol–water partition coefficient (Wildman–Crippen LogP) is 6.45. The molecule has 19 heteroatoms. The fraction of sp³-hybridized carbons (Fsp3) is 0.333. The van der Waals surface area contributed by atoms with E-state index < -0.39 is 0 Å². The number of hydrogen-bond acceptors (Lipinski definition) is 13. The molecule has 0 atom stereocenters. The lowest BCUT2D eigenvalue weighted by atomic mass is 10.2. The number of H-pyrrole nitrogens is 2. The van der Waals surface area contributed by atoms with Gasteiger partial charge in [0.2, 0.25) is 11.9 Å². The molecule has 0 bridgehead atoms. The minimum atomic E-state index is 0.610. The van der Waals surface area contributed by atoms with Crippen molar-refractivity contribution in [2.24, 2.45) is 0 Å². The number of ether oxygens (including phenoxy) is 1.